The number of carbonyl (C=O) groups excluding carboxylic acids is 1. The first-order chi connectivity index (χ1) is 8.09. The number of benzene rings is 1. The fraction of sp³-hybridized carbons (Fsp3) is 0.0909. The minimum absolute atomic E-state index is 0.0625. The van der Waals surface area contributed by atoms with E-state index in [-0.39, 0.29) is 11.3 Å². The van der Waals surface area contributed by atoms with Crippen LogP contribution in [0.25, 0.3) is 5.76 Å². The Morgan fingerprint density at radius 3 is 2.59 bits per heavy atom. The van der Waals surface area contributed by atoms with Crippen LogP contribution in [0, 0.1) is 0 Å². The molecule has 0 saturated heterocycles. The Morgan fingerprint density at radius 1 is 1.29 bits per heavy atom. The van der Waals surface area contributed by atoms with E-state index in [9.17, 15) is 9.59 Å². The predicted molar refractivity (Wildman–Crippen MR) is 56.5 cm³/mol. The summed E-state index contributed by atoms with van der Waals surface area (Å²) < 4.78 is 9.97. The van der Waals surface area contributed by atoms with Crippen molar-refractivity contribution in [1.29, 1.82) is 0 Å². The molecule has 1 amide bonds. The van der Waals surface area contributed by atoms with Crippen molar-refractivity contribution >= 4 is 17.6 Å². The second-order valence-electron chi connectivity index (χ2n) is 3.32. The number of hydrogen-bond donors (Lipinski definition) is 2. The van der Waals surface area contributed by atoms with E-state index in [4.69, 9.17) is 20.3 Å². The van der Waals surface area contributed by atoms with Crippen molar-refractivity contribution in [3.63, 3.8) is 0 Å². The summed E-state index contributed by atoms with van der Waals surface area (Å²) in [4.78, 5) is 21.8. The molecule has 1 aliphatic heterocycles. The number of amides is 1. The molecule has 6 nitrogen and oxygen atoms in total. The third-order valence-electron chi connectivity index (χ3n) is 2.19. The largest absolute Gasteiger partial charge is 0.478 e. The first-order valence-corrected chi connectivity index (χ1v) is 4.74. The van der Waals surface area contributed by atoms with Crippen LogP contribution in [-0.2, 0) is 14.3 Å². The normalized spacial score (nSPS) is 17.9. The predicted octanol–water partition coefficient (Wildman–Crippen LogP) is 0.541. The lowest BCUT2D eigenvalue weighted by Gasteiger charge is -2.09. The highest BCUT2D eigenvalue weighted by Gasteiger charge is 2.27. The monoisotopic (exact) mass is 235 g/mol. The maximum Gasteiger partial charge on any atom is 0.336 e. The molecule has 1 unspecified atom stereocenters. The molecule has 1 aromatic carbocycles. The summed E-state index contributed by atoms with van der Waals surface area (Å²) in [5.41, 5.74) is 5.40. The van der Waals surface area contributed by atoms with E-state index in [1.54, 1.807) is 18.2 Å². The van der Waals surface area contributed by atoms with Crippen molar-refractivity contribution < 1.29 is 24.2 Å². The minimum atomic E-state index is -1.20. The van der Waals surface area contributed by atoms with Gasteiger partial charge in [-0.1, -0.05) is 18.2 Å². The number of rotatable bonds is 3. The molecule has 1 aliphatic rings. The molecule has 0 aliphatic carbocycles. The van der Waals surface area contributed by atoms with Crippen LogP contribution in [0.2, 0.25) is 0 Å². The number of ether oxygens (including phenoxy) is 2. The Morgan fingerprint density at radius 2 is 2.00 bits per heavy atom. The van der Waals surface area contributed by atoms with Crippen LogP contribution in [-0.4, -0.2) is 23.3 Å². The SMILES string of the molecule is NC(=O)C1OC=C(c2ccccc2C(=O)O)O1. The van der Waals surface area contributed by atoms with E-state index in [0.29, 0.717) is 5.56 Å². The second-order valence-corrected chi connectivity index (χ2v) is 3.32. The zero-order chi connectivity index (χ0) is 12.4. The summed E-state index contributed by atoms with van der Waals surface area (Å²) in [6, 6.07) is 6.24. The molecule has 3 N–H and O–H groups in total. The standard InChI is InChI=1S/C11H9NO5/c12-9(13)11-16-5-8(17-11)6-3-1-2-4-7(6)10(14)15/h1-5,11H,(H2,12,13)(H,14,15). The summed E-state index contributed by atoms with van der Waals surface area (Å²) in [6.45, 7) is 0. The van der Waals surface area contributed by atoms with Crippen LogP contribution in [0.5, 0.6) is 0 Å². The lowest BCUT2D eigenvalue weighted by molar-refractivity contribution is -0.139. The highest BCUT2D eigenvalue weighted by Crippen LogP contribution is 2.26. The number of carboxylic acid groups (broad SMARTS) is 1. The van der Waals surface area contributed by atoms with E-state index in [2.05, 4.69) is 0 Å². The van der Waals surface area contributed by atoms with Crippen LogP contribution in [0.4, 0.5) is 0 Å². The molecule has 0 aromatic heterocycles. The number of carboxylic acids is 1. The Bertz CT molecular complexity index is 508. The quantitative estimate of drug-likeness (QED) is 0.796. The van der Waals surface area contributed by atoms with Crippen molar-refractivity contribution in [2.45, 2.75) is 6.29 Å². The molecular formula is C11H9NO5. The zero-order valence-corrected chi connectivity index (χ0v) is 8.62. The van der Waals surface area contributed by atoms with Gasteiger partial charge in [0.05, 0.1) is 5.56 Å². The van der Waals surface area contributed by atoms with Crippen LogP contribution < -0.4 is 5.73 Å². The van der Waals surface area contributed by atoms with Gasteiger partial charge in [-0.25, -0.2) is 4.79 Å². The van der Waals surface area contributed by atoms with E-state index in [0.717, 1.165) is 0 Å². The van der Waals surface area contributed by atoms with Crippen LogP contribution in [0.1, 0.15) is 15.9 Å². The molecule has 1 atom stereocenters. The fourth-order valence-corrected chi connectivity index (χ4v) is 1.43. The Labute approximate surface area is 96.2 Å². The lowest BCUT2D eigenvalue weighted by Crippen LogP contribution is -2.29. The van der Waals surface area contributed by atoms with E-state index in [1.807, 2.05) is 0 Å². The van der Waals surface area contributed by atoms with E-state index in [1.165, 1.54) is 12.3 Å². The topological polar surface area (TPSA) is 98.9 Å². The lowest BCUT2D eigenvalue weighted by atomic mass is 10.1. The van der Waals surface area contributed by atoms with Crippen LogP contribution >= 0.6 is 0 Å². The van der Waals surface area contributed by atoms with Gasteiger partial charge in [0.2, 0.25) is 0 Å². The third kappa shape index (κ3) is 2.05. The van der Waals surface area contributed by atoms with Crippen molar-refractivity contribution in [2.24, 2.45) is 5.73 Å². The van der Waals surface area contributed by atoms with Crippen LogP contribution in [0.15, 0.2) is 30.5 Å². The molecular weight excluding hydrogens is 226 g/mol. The number of primary amides is 1. The molecule has 0 fully saturated rings. The molecule has 0 spiro atoms. The van der Waals surface area contributed by atoms with Crippen molar-refractivity contribution in [1.82, 2.24) is 0 Å². The molecule has 0 saturated carbocycles. The van der Waals surface area contributed by atoms with Gasteiger partial charge in [-0.15, -0.1) is 0 Å². The van der Waals surface area contributed by atoms with Gasteiger partial charge in [-0.05, 0) is 6.07 Å². The molecule has 0 bridgehead atoms. The Kier molecular flexibility index (Phi) is 2.70. The number of aromatic carboxylic acids is 1. The fourth-order valence-electron chi connectivity index (χ4n) is 1.43. The van der Waals surface area contributed by atoms with Gasteiger partial charge in [-0.3, -0.25) is 4.79 Å². The van der Waals surface area contributed by atoms with Gasteiger partial charge < -0.3 is 20.3 Å². The summed E-state index contributed by atoms with van der Waals surface area (Å²) in [7, 11) is 0. The first kappa shape index (κ1) is 11.0. The Hall–Kier alpha value is -2.50. The average molecular weight is 235 g/mol. The van der Waals surface area contributed by atoms with Gasteiger partial charge in [0.1, 0.15) is 6.26 Å². The van der Waals surface area contributed by atoms with Crippen molar-refractivity contribution in [3.8, 4) is 0 Å². The van der Waals surface area contributed by atoms with Crippen molar-refractivity contribution in [3.05, 3.63) is 41.7 Å². The molecule has 6 heteroatoms. The molecule has 17 heavy (non-hydrogen) atoms. The zero-order valence-electron chi connectivity index (χ0n) is 8.62. The van der Waals surface area contributed by atoms with Gasteiger partial charge in [0, 0.05) is 5.56 Å². The maximum atomic E-state index is 11.0. The average Bonchev–Trinajstić information content (AvgIpc) is 2.78. The highest BCUT2D eigenvalue weighted by atomic mass is 16.7. The molecule has 1 heterocycles. The first-order valence-electron chi connectivity index (χ1n) is 4.74. The smallest absolute Gasteiger partial charge is 0.336 e. The molecule has 2 rings (SSSR count). The molecule has 88 valence electrons. The van der Waals surface area contributed by atoms with Crippen molar-refractivity contribution in [2.75, 3.05) is 0 Å². The molecule has 0 radical (unpaired) electrons. The maximum absolute atomic E-state index is 11.0. The minimum Gasteiger partial charge on any atom is -0.478 e. The van der Waals surface area contributed by atoms with Gasteiger partial charge in [-0.2, -0.15) is 0 Å². The van der Waals surface area contributed by atoms with Gasteiger partial charge in [0.15, 0.2) is 5.76 Å². The van der Waals surface area contributed by atoms with Gasteiger partial charge in [0.25, 0.3) is 5.91 Å². The number of hydrogen-bond acceptors (Lipinski definition) is 4. The highest BCUT2D eigenvalue weighted by molar-refractivity contribution is 5.93. The second kappa shape index (κ2) is 4.17. The van der Waals surface area contributed by atoms with E-state index < -0.39 is 18.2 Å². The number of carbonyl (C=O) groups is 2. The van der Waals surface area contributed by atoms with E-state index >= 15 is 0 Å². The molecule has 1 aromatic rings. The third-order valence-corrected chi connectivity index (χ3v) is 2.19. The summed E-state index contributed by atoms with van der Waals surface area (Å²) in [6.07, 6.45) is -0.0242. The Balaban J connectivity index is 2.31. The van der Waals surface area contributed by atoms with Gasteiger partial charge >= 0.3 is 12.3 Å². The van der Waals surface area contributed by atoms with Crippen LogP contribution in [0.3, 0.4) is 0 Å². The summed E-state index contributed by atoms with van der Waals surface area (Å²) in [5.74, 6) is -1.69. The number of nitrogens with two attached hydrogens (primary N) is 1. The summed E-state index contributed by atoms with van der Waals surface area (Å²) in [5, 5.41) is 8.99. The summed E-state index contributed by atoms with van der Waals surface area (Å²) >= 11 is 0.